The fourth-order valence-corrected chi connectivity index (χ4v) is 2.36. The van der Waals surface area contributed by atoms with Gasteiger partial charge in [0.15, 0.2) is 0 Å². The molecule has 0 aliphatic heterocycles. The lowest BCUT2D eigenvalue weighted by Crippen LogP contribution is -2.47. The molecular formula is C14H24N2OS. The second-order valence-corrected chi connectivity index (χ2v) is 6.20. The summed E-state index contributed by atoms with van der Waals surface area (Å²) in [6.07, 6.45) is 0.940. The van der Waals surface area contributed by atoms with E-state index in [0.29, 0.717) is 6.54 Å². The molecule has 1 rings (SSSR count). The summed E-state index contributed by atoms with van der Waals surface area (Å²) in [5.74, 6) is 0.111. The van der Waals surface area contributed by atoms with Crippen LogP contribution in [0.4, 0.5) is 0 Å². The summed E-state index contributed by atoms with van der Waals surface area (Å²) >= 11 is 1.74. The van der Waals surface area contributed by atoms with Gasteiger partial charge < -0.3 is 5.32 Å². The fourth-order valence-electron chi connectivity index (χ4n) is 1.61. The van der Waals surface area contributed by atoms with Crippen LogP contribution in [0.15, 0.2) is 17.5 Å². The molecule has 0 saturated heterocycles. The minimum Gasteiger partial charge on any atom is -0.350 e. The second kappa shape index (κ2) is 6.90. The molecule has 1 heterocycles. The molecule has 0 aliphatic rings. The van der Waals surface area contributed by atoms with E-state index in [1.54, 1.807) is 11.3 Å². The number of nitrogens with one attached hydrogen (secondary N) is 1. The molecule has 1 aromatic rings. The number of likely N-dealkylation sites (N-methyl/N-ethyl adjacent to an activating group) is 1. The highest BCUT2D eigenvalue weighted by Crippen LogP contribution is 2.12. The minimum atomic E-state index is -0.112. The molecule has 1 N–H and O–H groups in total. The van der Waals surface area contributed by atoms with Gasteiger partial charge in [-0.15, -0.1) is 11.3 Å². The van der Waals surface area contributed by atoms with Gasteiger partial charge in [0.1, 0.15) is 0 Å². The molecule has 0 fully saturated rings. The number of carbonyl (C=O) groups excluding carboxylic acids is 1. The van der Waals surface area contributed by atoms with Crippen LogP contribution in [-0.4, -0.2) is 29.4 Å². The molecule has 3 nitrogen and oxygen atoms in total. The highest BCUT2D eigenvalue weighted by molar-refractivity contribution is 7.09. The summed E-state index contributed by atoms with van der Waals surface area (Å²) in [7, 11) is 0. The van der Waals surface area contributed by atoms with Crippen molar-refractivity contribution in [1.82, 2.24) is 10.2 Å². The quantitative estimate of drug-likeness (QED) is 0.824. The number of hydrogen-bond acceptors (Lipinski definition) is 3. The summed E-state index contributed by atoms with van der Waals surface area (Å²) in [6.45, 7) is 10.5. The molecule has 0 saturated carbocycles. The van der Waals surface area contributed by atoms with Crippen LogP contribution in [0, 0.1) is 0 Å². The van der Waals surface area contributed by atoms with E-state index in [2.05, 4.69) is 49.4 Å². The van der Waals surface area contributed by atoms with Crippen LogP contribution in [0.5, 0.6) is 0 Å². The maximum Gasteiger partial charge on any atom is 0.234 e. The monoisotopic (exact) mass is 268 g/mol. The Bertz CT molecular complexity index is 360. The molecule has 0 spiro atoms. The number of nitrogens with zero attached hydrogens (tertiary/aromatic N) is 1. The van der Waals surface area contributed by atoms with Crippen LogP contribution in [0.2, 0.25) is 0 Å². The van der Waals surface area contributed by atoms with Gasteiger partial charge >= 0.3 is 0 Å². The Balaban J connectivity index is 2.45. The molecule has 4 heteroatoms. The zero-order valence-electron chi connectivity index (χ0n) is 11.8. The first kappa shape index (κ1) is 15.2. The van der Waals surface area contributed by atoms with E-state index in [4.69, 9.17) is 0 Å². The van der Waals surface area contributed by atoms with Gasteiger partial charge in [0, 0.05) is 17.0 Å². The van der Waals surface area contributed by atoms with Gasteiger partial charge in [-0.2, -0.15) is 0 Å². The lowest BCUT2D eigenvalue weighted by atomic mass is 10.0. The Morgan fingerprint density at radius 1 is 1.44 bits per heavy atom. The van der Waals surface area contributed by atoms with E-state index < -0.39 is 0 Å². The zero-order chi connectivity index (χ0) is 13.6. The highest BCUT2D eigenvalue weighted by atomic mass is 32.1. The molecule has 18 heavy (non-hydrogen) atoms. The molecule has 0 unspecified atom stereocenters. The number of amides is 1. The predicted molar refractivity (Wildman–Crippen MR) is 77.8 cm³/mol. The maximum absolute atomic E-state index is 12.0. The summed E-state index contributed by atoms with van der Waals surface area (Å²) in [5.41, 5.74) is -0.112. The third-order valence-corrected chi connectivity index (χ3v) is 4.00. The Labute approximate surface area is 114 Å². The van der Waals surface area contributed by atoms with Crippen molar-refractivity contribution in [2.75, 3.05) is 13.1 Å². The lowest BCUT2D eigenvalue weighted by Gasteiger charge is -2.27. The van der Waals surface area contributed by atoms with Crippen molar-refractivity contribution >= 4 is 17.2 Å². The van der Waals surface area contributed by atoms with Crippen molar-refractivity contribution in [2.24, 2.45) is 0 Å². The summed E-state index contributed by atoms with van der Waals surface area (Å²) in [5, 5.41) is 5.15. The predicted octanol–water partition coefficient (Wildman–Crippen LogP) is 2.87. The molecule has 0 aromatic carbocycles. The van der Waals surface area contributed by atoms with Crippen LogP contribution in [-0.2, 0) is 11.3 Å². The Morgan fingerprint density at radius 2 is 2.17 bits per heavy atom. The van der Waals surface area contributed by atoms with Gasteiger partial charge in [-0.1, -0.05) is 19.9 Å². The van der Waals surface area contributed by atoms with Gasteiger partial charge in [0.05, 0.1) is 6.54 Å². The summed E-state index contributed by atoms with van der Waals surface area (Å²) in [4.78, 5) is 15.4. The second-order valence-electron chi connectivity index (χ2n) is 5.17. The fraction of sp³-hybridized carbons (Fsp3) is 0.643. The highest BCUT2D eigenvalue weighted by Gasteiger charge is 2.19. The maximum atomic E-state index is 12.0. The molecule has 0 atom stereocenters. The largest absolute Gasteiger partial charge is 0.350 e. The van der Waals surface area contributed by atoms with Crippen LogP contribution in [0.25, 0.3) is 0 Å². The summed E-state index contributed by atoms with van der Waals surface area (Å²) in [6, 6.07) is 4.16. The number of carbonyl (C=O) groups is 1. The number of hydrogen-bond donors (Lipinski definition) is 1. The molecule has 0 bridgehead atoms. The molecular weight excluding hydrogens is 244 g/mol. The Morgan fingerprint density at radius 3 is 2.67 bits per heavy atom. The van der Waals surface area contributed by atoms with E-state index in [1.165, 1.54) is 4.88 Å². The van der Waals surface area contributed by atoms with E-state index in [-0.39, 0.29) is 11.4 Å². The molecule has 0 aliphatic carbocycles. The molecule has 0 radical (unpaired) electrons. The van der Waals surface area contributed by atoms with Crippen LogP contribution < -0.4 is 5.32 Å². The Hall–Kier alpha value is -0.870. The Kier molecular flexibility index (Phi) is 5.82. The minimum absolute atomic E-state index is 0.111. The number of rotatable bonds is 7. The molecule has 1 aromatic heterocycles. The SMILES string of the molecule is CCN(CC(=O)NC(C)(C)CC)Cc1cccs1. The smallest absolute Gasteiger partial charge is 0.234 e. The van der Waals surface area contributed by atoms with Crippen molar-refractivity contribution < 1.29 is 4.79 Å². The van der Waals surface area contributed by atoms with Gasteiger partial charge in [-0.25, -0.2) is 0 Å². The molecule has 1 amide bonds. The van der Waals surface area contributed by atoms with E-state index in [0.717, 1.165) is 19.5 Å². The number of thiophene rings is 1. The average molecular weight is 268 g/mol. The topological polar surface area (TPSA) is 32.3 Å². The van der Waals surface area contributed by atoms with E-state index >= 15 is 0 Å². The van der Waals surface area contributed by atoms with E-state index in [1.807, 2.05) is 6.07 Å². The van der Waals surface area contributed by atoms with Crippen molar-refractivity contribution in [2.45, 2.75) is 46.2 Å². The average Bonchev–Trinajstić information content (AvgIpc) is 2.80. The summed E-state index contributed by atoms with van der Waals surface area (Å²) < 4.78 is 0. The van der Waals surface area contributed by atoms with Crippen LogP contribution in [0.3, 0.4) is 0 Å². The third-order valence-electron chi connectivity index (χ3n) is 3.14. The first-order chi connectivity index (χ1) is 8.46. The van der Waals surface area contributed by atoms with Gasteiger partial charge in [-0.05, 0) is 38.3 Å². The van der Waals surface area contributed by atoms with Gasteiger partial charge in [-0.3, -0.25) is 9.69 Å². The van der Waals surface area contributed by atoms with Crippen molar-refractivity contribution in [1.29, 1.82) is 0 Å². The van der Waals surface area contributed by atoms with Gasteiger partial charge in [0.2, 0.25) is 5.91 Å². The first-order valence-electron chi connectivity index (χ1n) is 6.52. The standard InChI is InChI=1S/C14H24N2OS/c1-5-14(3,4)15-13(17)11-16(6-2)10-12-8-7-9-18-12/h7-9H,5-6,10-11H2,1-4H3,(H,15,17). The van der Waals surface area contributed by atoms with Crippen LogP contribution in [0.1, 0.15) is 39.0 Å². The zero-order valence-corrected chi connectivity index (χ0v) is 12.6. The normalized spacial score (nSPS) is 11.8. The van der Waals surface area contributed by atoms with Crippen molar-refractivity contribution in [3.05, 3.63) is 22.4 Å². The third kappa shape index (κ3) is 5.19. The lowest BCUT2D eigenvalue weighted by molar-refractivity contribution is -0.124. The molecule has 102 valence electrons. The van der Waals surface area contributed by atoms with Gasteiger partial charge in [0.25, 0.3) is 0 Å². The van der Waals surface area contributed by atoms with Crippen LogP contribution >= 0.6 is 11.3 Å². The van der Waals surface area contributed by atoms with E-state index in [9.17, 15) is 4.79 Å². The van der Waals surface area contributed by atoms with Crippen molar-refractivity contribution in [3.63, 3.8) is 0 Å². The van der Waals surface area contributed by atoms with Crippen molar-refractivity contribution in [3.8, 4) is 0 Å². The first-order valence-corrected chi connectivity index (χ1v) is 7.40.